The number of furan rings is 1. The molecule has 162 valence electrons. The minimum atomic E-state index is -0.105. The maximum absolute atomic E-state index is 12.9. The van der Waals surface area contributed by atoms with Gasteiger partial charge in [-0.3, -0.25) is 14.5 Å². The number of hydrogen-bond donors (Lipinski definition) is 0. The molecule has 0 radical (unpaired) electrons. The lowest BCUT2D eigenvalue weighted by molar-refractivity contribution is -0.134. The first-order valence-electron chi connectivity index (χ1n) is 10.9. The highest BCUT2D eigenvalue weighted by atomic mass is 32.1. The van der Waals surface area contributed by atoms with E-state index in [0.29, 0.717) is 44.4 Å². The molecule has 3 aromatic rings. The molecular weight excluding hydrogens is 412 g/mol. The van der Waals surface area contributed by atoms with Gasteiger partial charge in [0.25, 0.3) is 5.91 Å². The fraction of sp³-hybridized carbons (Fsp3) is 0.435. The van der Waals surface area contributed by atoms with Gasteiger partial charge in [0.2, 0.25) is 5.91 Å². The topological polar surface area (TPSA) is 69.9 Å². The lowest BCUT2D eigenvalue weighted by Gasteiger charge is -2.37. The fourth-order valence-electron chi connectivity index (χ4n) is 4.47. The minimum Gasteiger partial charge on any atom is -0.459 e. The Morgan fingerprint density at radius 1 is 1.03 bits per heavy atom. The highest BCUT2D eigenvalue weighted by Gasteiger charge is 2.29. The number of carbonyl (C=O) groups is 2. The molecule has 0 spiro atoms. The third-order valence-corrected chi connectivity index (χ3v) is 7.37. The van der Waals surface area contributed by atoms with E-state index < -0.39 is 0 Å². The monoisotopic (exact) mass is 438 g/mol. The molecule has 0 saturated carbocycles. The van der Waals surface area contributed by atoms with Crippen LogP contribution in [0.2, 0.25) is 0 Å². The van der Waals surface area contributed by atoms with Crippen LogP contribution in [0.25, 0.3) is 10.2 Å². The molecule has 1 aromatic carbocycles. The van der Waals surface area contributed by atoms with Gasteiger partial charge in [-0.2, -0.15) is 0 Å². The van der Waals surface area contributed by atoms with Gasteiger partial charge in [-0.25, -0.2) is 4.98 Å². The van der Waals surface area contributed by atoms with Crippen LogP contribution in [0.5, 0.6) is 0 Å². The molecule has 2 amide bonds. The fourth-order valence-corrected chi connectivity index (χ4v) is 5.56. The van der Waals surface area contributed by atoms with Gasteiger partial charge in [-0.1, -0.05) is 12.1 Å². The normalized spacial score (nSPS) is 20.3. The van der Waals surface area contributed by atoms with Crippen LogP contribution in [-0.4, -0.2) is 77.3 Å². The van der Waals surface area contributed by atoms with E-state index in [4.69, 9.17) is 9.40 Å². The van der Waals surface area contributed by atoms with Crippen molar-refractivity contribution in [1.29, 1.82) is 0 Å². The zero-order chi connectivity index (χ0) is 21.2. The van der Waals surface area contributed by atoms with Crippen LogP contribution < -0.4 is 0 Å². The molecule has 31 heavy (non-hydrogen) atoms. The van der Waals surface area contributed by atoms with E-state index in [2.05, 4.69) is 23.1 Å². The average molecular weight is 439 g/mol. The van der Waals surface area contributed by atoms with Crippen LogP contribution in [0, 0.1) is 0 Å². The van der Waals surface area contributed by atoms with E-state index in [1.54, 1.807) is 28.4 Å². The van der Waals surface area contributed by atoms with Crippen molar-refractivity contribution in [2.45, 2.75) is 18.8 Å². The Labute approximate surface area is 185 Å². The third kappa shape index (κ3) is 4.36. The molecule has 4 heterocycles. The van der Waals surface area contributed by atoms with Crippen molar-refractivity contribution in [2.75, 3.05) is 45.8 Å². The number of fused-ring (bicyclic) bond motifs is 1. The van der Waals surface area contributed by atoms with Crippen LogP contribution in [0.3, 0.4) is 0 Å². The summed E-state index contributed by atoms with van der Waals surface area (Å²) in [6.07, 6.45) is 3.71. The Bertz CT molecular complexity index is 1020. The quantitative estimate of drug-likeness (QED) is 0.626. The number of hydrogen-bond acceptors (Lipinski definition) is 6. The van der Waals surface area contributed by atoms with Crippen LogP contribution in [0.4, 0.5) is 0 Å². The summed E-state index contributed by atoms with van der Waals surface area (Å²) in [7, 11) is 0. The largest absolute Gasteiger partial charge is 0.459 e. The zero-order valence-corrected chi connectivity index (χ0v) is 18.2. The summed E-state index contributed by atoms with van der Waals surface area (Å²) in [5.74, 6) is 0.789. The van der Waals surface area contributed by atoms with E-state index in [0.717, 1.165) is 31.4 Å². The van der Waals surface area contributed by atoms with Crippen molar-refractivity contribution in [3.8, 4) is 0 Å². The number of amides is 2. The van der Waals surface area contributed by atoms with E-state index >= 15 is 0 Å². The number of piperazine rings is 1. The molecule has 2 aromatic heterocycles. The first kappa shape index (κ1) is 20.2. The first-order chi connectivity index (χ1) is 15.2. The van der Waals surface area contributed by atoms with Crippen molar-refractivity contribution in [1.82, 2.24) is 19.7 Å². The predicted octanol–water partition coefficient (Wildman–Crippen LogP) is 3.05. The average Bonchev–Trinajstić information content (AvgIpc) is 3.49. The smallest absolute Gasteiger partial charge is 0.289 e. The molecule has 2 aliphatic rings. The molecule has 7 nitrogen and oxygen atoms in total. The molecule has 5 rings (SSSR count). The maximum Gasteiger partial charge on any atom is 0.289 e. The Morgan fingerprint density at radius 3 is 2.61 bits per heavy atom. The van der Waals surface area contributed by atoms with Crippen molar-refractivity contribution in [3.05, 3.63) is 53.4 Å². The number of para-hydroxylation sites is 1. The number of thiazole rings is 1. The summed E-state index contributed by atoms with van der Waals surface area (Å²) in [6.45, 7) is 4.49. The van der Waals surface area contributed by atoms with Crippen LogP contribution >= 0.6 is 11.3 Å². The second-order valence-electron chi connectivity index (χ2n) is 8.24. The Balaban J connectivity index is 1.15. The number of likely N-dealkylation sites (tertiary alicyclic amines) is 1. The second-order valence-corrected chi connectivity index (χ2v) is 9.31. The van der Waals surface area contributed by atoms with Crippen LogP contribution in [0.15, 0.2) is 47.1 Å². The number of carbonyl (C=O) groups excluding carboxylic acids is 2. The molecule has 8 heteroatoms. The Morgan fingerprint density at radius 2 is 1.84 bits per heavy atom. The standard InChI is InChI=1S/C23H26N4O3S/c28-21(26-10-12-27(13-11-26)23(29)19-7-4-14-30-19)16-25-9-3-5-17(15-25)22-24-18-6-1-2-8-20(18)31-22/h1-2,4,6-8,14,17H,3,5,9-13,15-16H2/t17-/m0/s1. The number of aromatic nitrogens is 1. The van der Waals surface area contributed by atoms with E-state index in [-0.39, 0.29) is 11.8 Å². The van der Waals surface area contributed by atoms with Crippen LogP contribution in [0.1, 0.15) is 34.3 Å². The molecular formula is C23H26N4O3S. The van der Waals surface area contributed by atoms with Gasteiger partial charge in [0, 0.05) is 38.6 Å². The van der Waals surface area contributed by atoms with Gasteiger partial charge in [-0.15, -0.1) is 11.3 Å². The van der Waals surface area contributed by atoms with Gasteiger partial charge in [-0.05, 0) is 43.7 Å². The lowest BCUT2D eigenvalue weighted by atomic mass is 9.98. The van der Waals surface area contributed by atoms with E-state index in [9.17, 15) is 9.59 Å². The number of nitrogens with zero attached hydrogens (tertiary/aromatic N) is 4. The van der Waals surface area contributed by atoms with Gasteiger partial charge in [0.1, 0.15) is 0 Å². The predicted molar refractivity (Wildman–Crippen MR) is 119 cm³/mol. The van der Waals surface area contributed by atoms with Crippen molar-refractivity contribution < 1.29 is 14.0 Å². The SMILES string of the molecule is O=C(CN1CCC[C@H](c2nc3ccccc3s2)C1)N1CCN(C(=O)c2ccco2)CC1. The summed E-state index contributed by atoms with van der Waals surface area (Å²) in [4.78, 5) is 36.1. The van der Waals surface area contributed by atoms with E-state index in [1.165, 1.54) is 16.0 Å². The molecule has 2 saturated heterocycles. The summed E-state index contributed by atoms with van der Waals surface area (Å²) in [5.41, 5.74) is 1.07. The van der Waals surface area contributed by atoms with Gasteiger partial charge >= 0.3 is 0 Å². The Hall–Kier alpha value is -2.71. The summed E-state index contributed by atoms with van der Waals surface area (Å²) < 4.78 is 6.44. The molecule has 2 fully saturated rings. The first-order valence-corrected chi connectivity index (χ1v) is 11.7. The lowest BCUT2D eigenvalue weighted by Crippen LogP contribution is -2.53. The van der Waals surface area contributed by atoms with Gasteiger partial charge in [0.15, 0.2) is 5.76 Å². The maximum atomic E-state index is 12.9. The third-order valence-electron chi connectivity index (χ3n) is 6.18. The van der Waals surface area contributed by atoms with Gasteiger partial charge in [0.05, 0.1) is 28.0 Å². The highest BCUT2D eigenvalue weighted by Crippen LogP contribution is 2.32. The van der Waals surface area contributed by atoms with Crippen molar-refractivity contribution >= 4 is 33.4 Å². The summed E-state index contributed by atoms with van der Waals surface area (Å²) >= 11 is 1.78. The number of piperidine rings is 1. The number of rotatable bonds is 4. The zero-order valence-electron chi connectivity index (χ0n) is 17.4. The highest BCUT2D eigenvalue weighted by molar-refractivity contribution is 7.18. The molecule has 0 N–H and O–H groups in total. The van der Waals surface area contributed by atoms with E-state index in [1.807, 2.05) is 11.0 Å². The van der Waals surface area contributed by atoms with Gasteiger partial charge < -0.3 is 14.2 Å². The van der Waals surface area contributed by atoms with Crippen molar-refractivity contribution in [3.63, 3.8) is 0 Å². The molecule has 0 bridgehead atoms. The molecule has 1 atom stereocenters. The summed E-state index contributed by atoms with van der Waals surface area (Å²) in [6, 6.07) is 11.7. The second kappa shape index (κ2) is 8.80. The molecule has 0 aliphatic carbocycles. The van der Waals surface area contributed by atoms with Crippen LogP contribution in [-0.2, 0) is 4.79 Å². The molecule has 0 unspecified atom stereocenters. The Kier molecular flexibility index (Phi) is 5.74. The number of benzene rings is 1. The molecule has 2 aliphatic heterocycles. The summed E-state index contributed by atoms with van der Waals surface area (Å²) in [5, 5.41) is 1.18. The minimum absolute atomic E-state index is 0.105. The van der Waals surface area contributed by atoms with Crippen molar-refractivity contribution in [2.24, 2.45) is 0 Å².